The van der Waals surface area contributed by atoms with Crippen molar-refractivity contribution < 1.29 is 13.5 Å². The van der Waals surface area contributed by atoms with Crippen LogP contribution in [0, 0.1) is 0 Å². The highest BCUT2D eigenvalue weighted by molar-refractivity contribution is 5.29. The van der Waals surface area contributed by atoms with E-state index in [2.05, 4.69) is 15.2 Å². The Morgan fingerprint density at radius 2 is 2.37 bits per heavy atom. The Morgan fingerprint density at radius 1 is 1.53 bits per heavy atom. The minimum atomic E-state index is -2.43. The largest absolute Gasteiger partial charge is 0.375 e. The first-order valence-electron chi connectivity index (χ1n) is 6.43. The quantitative estimate of drug-likeness (QED) is 0.741. The Morgan fingerprint density at radius 3 is 3.11 bits per heavy atom. The van der Waals surface area contributed by atoms with E-state index in [4.69, 9.17) is 10.5 Å². The molecule has 0 aromatic carbocycles. The number of aromatic amines is 1. The van der Waals surface area contributed by atoms with Crippen LogP contribution >= 0.6 is 0 Å². The Hall–Kier alpha value is -1.28. The van der Waals surface area contributed by atoms with Crippen molar-refractivity contribution in [3.05, 3.63) is 5.82 Å². The zero-order valence-corrected chi connectivity index (χ0v) is 10.7. The summed E-state index contributed by atoms with van der Waals surface area (Å²) in [6.45, 7) is 1.31. The highest BCUT2D eigenvalue weighted by Gasteiger charge is 2.19. The molecule has 1 atom stereocenters. The number of nitrogens with one attached hydrogen (secondary N) is 1. The highest BCUT2D eigenvalue weighted by Crippen LogP contribution is 2.14. The smallest absolute Gasteiger partial charge is 0.261 e. The third-order valence-electron chi connectivity index (χ3n) is 2.99. The van der Waals surface area contributed by atoms with Gasteiger partial charge in [-0.25, -0.2) is 8.78 Å². The molecule has 0 radical (unpaired) electrons. The molecule has 1 aliphatic rings. The van der Waals surface area contributed by atoms with Gasteiger partial charge in [-0.05, 0) is 12.8 Å². The minimum absolute atomic E-state index is 0.157. The molecule has 1 fully saturated rings. The van der Waals surface area contributed by atoms with Crippen LogP contribution in [0.5, 0.6) is 0 Å². The maximum absolute atomic E-state index is 11.9. The minimum Gasteiger partial charge on any atom is -0.375 e. The Labute approximate surface area is 110 Å². The summed E-state index contributed by atoms with van der Waals surface area (Å²) in [5, 5.41) is 6.91. The maximum Gasteiger partial charge on any atom is 0.261 e. The van der Waals surface area contributed by atoms with Crippen LogP contribution in [-0.2, 0) is 11.2 Å². The lowest BCUT2D eigenvalue weighted by molar-refractivity contribution is 0.0183. The van der Waals surface area contributed by atoms with Gasteiger partial charge in [0.25, 0.3) is 6.43 Å². The first-order valence-corrected chi connectivity index (χ1v) is 6.43. The molecular weight excluding hydrogens is 256 g/mol. The molecule has 1 unspecified atom stereocenters. The average Bonchev–Trinajstić information content (AvgIpc) is 2.83. The van der Waals surface area contributed by atoms with Crippen LogP contribution in [0.4, 0.5) is 14.7 Å². The van der Waals surface area contributed by atoms with E-state index in [0.717, 1.165) is 25.9 Å². The molecule has 1 aromatic heterocycles. The summed E-state index contributed by atoms with van der Waals surface area (Å²) < 4.78 is 28.5. The summed E-state index contributed by atoms with van der Waals surface area (Å²) in [5.74, 6) is 1.27. The van der Waals surface area contributed by atoms with Crippen molar-refractivity contribution in [2.45, 2.75) is 31.7 Å². The van der Waals surface area contributed by atoms with E-state index >= 15 is 0 Å². The van der Waals surface area contributed by atoms with Crippen molar-refractivity contribution in [2.75, 3.05) is 31.2 Å². The van der Waals surface area contributed by atoms with E-state index in [1.165, 1.54) is 0 Å². The number of H-pyrrole nitrogens is 1. The predicted octanol–water partition coefficient (Wildman–Crippen LogP) is 0.556. The summed E-state index contributed by atoms with van der Waals surface area (Å²) in [5.41, 5.74) is 5.90. The number of ether oxygens (including phenoxy) is 1. The first kappa shape index (κ1) is 14.1. The normalized spacial score (nSPS) is 20.2. The molecule has 1 aromatic rings. The molecule has 19 heavy (non-hydrogen) atoms. The van der Waals surface area contributed by atoms with Crippen molar-refractivity contribution in [3.8, 4) is 0 Å². The average molecular weight is 275 g/mol. The summed E-state index contributed by atoms with van der Waals surface area (Å²) >= 11 is 0. The number of nitrogens with zero attached hydrogens (tertiary/aromatic N) is 3. The molecule has 108 valence electrons. The molecule has 2 heterocycles. The third-order valence-corrected chi connectivity index (χ3v) is 2.99. The second-order valence-corrected chi connectivity index (χ2v) is 4.65. The summed E-state index contributed by atoms with van der Waals surface area (Å²) in [4.78, 5) is 6.36. The van der Waals surface area contributed by atoms with Gasteiger partial charge < -0.3 is 15.4 Å². The number of aromatic nitrogens is 3. The molecule has 0 spiro atoms. The summed E-state index contributed by atoms with van der Waals surface area (Å²) in [7, 11) is 0. The molecule has 6 nitrogen and oxygen atoms in total. The molecule has 3 N–H and O–H groups in total. The van der Waals surface area contributed by atoms with Crippen molar-refractivity contribution in [3.63, 3.8) is 0 Å². The second kappa shape index (κ2) is 6.76. The van der Waals surface area contributed by atoms with E-state index in [1.54, 1.807) is 0 Å². The van der Waals surface area contributed by atoms with Gasteiger partial charge in [0.15, 0.2) is 0 Å². The second-order valence-electron chi connectivity index (χ2n) is 4.65. The summed E-state index contributed by atoms with van der Waals surface area (Å²) in [6.07, 6.45) is 0.0670. The van der Waals surface area contributed by atoms with Crippen LogP contribution < -0.4 is 10.6 Å². The molecule has 0 amide bonds. The number of hydrogen-bond acceptors (Lipinski definition) is 5. The summed E-state index contributed by atoms with van der Waals surface area (Å²) in [6, 6.07) is 0.157. The van der Waals surface area contributed by atoms with Crippen molar-refractivity contribution in [2.24, 2.45) is 5.73 Å². The van der Waals surface area contributed by atoms with E-state index in [-0.39, 0.29) is 12.6 Å². The highest BCUT2D eigenvalue weighted by atomic mass is 19.3. The van der Waals surface area contributed by atoms with Crippen LogP contribution in [0.25, 0.3) is 0 Å². The number of hydrogen-bond donors (Lipinski definition) is 2. The lowest BCUT2D eigenvalue weighted by Gasteiger charge is -2.29. The number of alkyl halides is 2. The SMILES string of the molecule is NC1CCCN(c2n[nH]c(CCOCC(F)F)n2)C1. The van der Waals surface area contributed by atoms with Crippen molar-refractivity contribution in [1.29, 1.82) is 0 Å². The van der Waals surface area contributed by atoms with Gasteiger partial charge in [-0.1, -0.05) is 0 Å². The monoisotopic (exact) mass is 275 g/mol. The standard InChI is InChI=1S/C11H19F2N5O/c12-9(13)7-19-5-3-10-15-11(17-16-10)18-4-1-2-8(14)6-18/h8-9H,1-7,14H2,(H,15,16,17). The Bertz CT molecular complexity index is 387. The van der Waals surface area contributed by atoms with Gasteiger partial charge in [0.1, 0.15) is 12.4 Å². The molecule has 0 aliphatic carbocycles. The number of halogens is 2. The Kier molecular flexibility index (Phi) is 5.03. The third kappa shape index (κ3) is 4.39. The fourth-order valence-electron chi connectivity index (χ4n) is 2.07. The number of anilines is 1. The molecular formula is C11H19F2N5O. The zero-order chi connectivity index (χ0) is 13.7. The first-order chi connectivity index (χ1) is 9.15. The fraction of sp³-hybridized carbons (Fsp3) is 0.818. The maximum atomic E-state index is 11.9. The lowest BCUT2D eigenvalue weighted by Crippen LogP contribution is -2.43. The van der Waals surface area contributed by atoms with Gasteiger partial charge in [0, 0.05) is 25.6 Å². The fourth-order valence-corrected chi connectivity index (χ4v) is 2.07. The van der Waals surface area contributed by atoms with Gasteiger partial charge in [0.05, 0.1) is 6.61 Å². The van der Waals surface area contributed by atoms with Crippen molar-refractivity contribution in [1.82, 2.24) is 15.2 Å². The Balaban J connectivity index is 1.78. The van der Waals surface area contributed by atoms with Crippen LogP contribution in [0.3, 0.4) is 0 Å². The van der Waals surface area contributed by atoms with Gasteiger partial charge in [-0.2, -0.15) is 4.98 Å². The van der Waals surface area contributed by atoms with Crippen LogP contribution in [0.1, 0.15) is 18.7 Å². The number of rotatable bonds is 6. The van der Waals surface area contributed by atoms with E-state index in [1.807, 2.05) is 4.90 Å². The topological polar surface area (TPSA) is 80.1 Å². The van der Waals surface area contributed by atoms with Gasteiger partial charge in [-0.15, -0.1) is 5.10 Å². The molecule has 1 saturated heterocycles. The van der Waals surface area contributed by atoms with Crippen LogP contribution in [-0.4, -0.2) is 54.0 Å². The molecule has 1 aliphatic heterocycles. The predicted molar refractivity (Wildman–Crippen MR) is 66.3 cm³/mol. The van der Waals surface area contributed by atoms with Gasteiger partial charge >= 0.3 is 0 Å². The van der Waals surface area contributed by atoms with Crippen LogP contribution in [0.15, 0.2) is 0 Å². The van der Waals surface area contributed by atoms with Gasteiger partial charge in [0.2, 0.25) is 5.95 Å². The zero-order valence-electron chi connectivity index (χ0n) is 10.7. The number of nitrogens with two attached hydrogens (primary N) is 1. The molecule has 0 bridgehead atoms. The molecule has 8 heteroatoms. The van der Waals surface area contributed by atoms with Gasteiger partial charge in [-0.3, -0.25) is 5.10 Å². The van der Waals surface area contributed by atoms with E-state index < -0.39 is 13.0 Å². The lowest BCUT2D eigenvalue weighted by atomic mass is 10.1. The van der Waals surface area contributed by atoms with E-state index in [0.29, 0.717) is 18.2 Å². The van der Waals surface area contributed by atoms with E-state index in [9.17, 15) is 8.78 Å². The van der Waals surface area contributed by atoms with Crippen LogP contribution in [0.2, 0.25) is 0 Å². The molecule has 2 rings (SSSR count). The number of piperidine rings is 1. The van der Waals surface area contributed by atoms with Crippen molar-refractivity contribution >= 4 is 5.95 Å². The molecule has 0 saturated carbocycles.